The Morgan fingerprint density at radius 3 is 3.23 bits per heavy atom. The molecule has 0 spiro atoms. The standard InChI is InChI=1S/C15H21N5O2/c1-3-20-6-5-16-14(20)13-12(4-7-22-13)15(21)19-10(2)11-8-17-18-9-11/h5-6,8-10,12-13H,3-4,7H2,1-2H3,(H,17,18)(H,19,21)/t10?,12-,13-/m1/s1. The molecule has 3 rings (SSSR count). The van der Waals surface area contributed by atoms with Gasteiger partial charge in [0, 0.05) is 37.3 Å². The van der Waals surface area contributed by atoms with Gasteiger partial charge < -0.3 is 14.6 Å². The molecule has 0 saturated carbocycles. The lowest BCUT2D eigenvalue weighted by atomic mass is 9.99. The molecule has 1 aliphatic heterocycles. The zero-order chi connectivity index (χ0) is 15.5. The summed E-state index contributed by atoms with van der Waals surface area (Å²) in [6, 6.07) is -0.0848. The van der Waals surface area contributed by atoms with E-state index in [1.807, 2.05) is 17.7 Å². The Morgan fingerprint density at radius 2 is 2.50 bits per heavy atom. The molecule has 1 aliphatic rings. The number of carbonyl (C=O) groups is 1. The fourth-order valence-electron chi connectivity index (χ4n) is 2.86. The second-order valence-corrected chi connectivity index (χ2v) is 5.52. The van der Waals surface area contributed by atoms with E-state index in [4.69, 9.17) is 4.74 Å². The number of nitrogens with one attached hydrogen (secondary N) is 2. The lowest BCUT2D eigenvalue weighted by Crippen LogP contribution is -2.34. The summed E-state index contributed by atoms with van der Waals surface area (Å²) in [4.78, 5) is 17.0. The van der Waals surface area contributed by atoms with E-state index in [9.17, 15) is 4.79 Å². The number of ether oxygens (including phenoxy) is 1. The van der Waals surface area contributed by atoms with Crippen molar-refractivity contribution in [2.75, 3.05) is 6.61 Å². The average molecular weight is 303 g/mol. The summed E-state index contributed by atoms with van der Waals surface area (Å²) in [6.07, 6.45) is 7.62. The van der Waals surface area contributed by atoms with Crippen LogP contribution in [0.4, 0.5) is 0 Å². The van der Waals surface area contributed by atoms with Gasteiger partial charge in [-0.25, -0.2) is 4.98 Å². The number of aromatic amines is 1. The SMILES string of the molecule is CCn1ccnc1[C@@H]1OCC[C@H]1C(=O)NC(C)c1cn[nH]c1. The largest absolute Gasteiger partial charge is 0.369 e. The molecule has 3 atom stereocenters. The maximum Gasteiger partial charge on any atom is 0.226 e. The summed E-state index contributed by atoms with van der Waals surface area (Å²) < 4.78 is 7.81. The van der Waals surface area contributed by atoms with Gasteiger partial charge in [0.05, 0.1) is 18.2 Å². The summed E-state index contributed by atoms with van der Waals surface area (Å²) >= 11 is 0. The van der Waals surface area contributed by atoms with Gasteiger partial charge in [-0.05, 0) is 20.3 Å². The molecular weight excluding hydrogens is 282 g/mol. The topological polar surface area (TPSA) is 84.8 Å². The Labute approximate surface area is 129 Å². The molecule has 1 fully saturated rings. The molecule has 22 heavy (non-hydrogen) atoms. The van der Waals surface area contributed by atoms with Gasteiger partial charge in [0.1, 0.15) is 11.9 Å². The highest BCUT2D eigenvalue weighted by atomic mass is 16.5. The van der Waals surface area contributed by atoms with Crippen LogP contribution in [-0.2, 0) is 16.1 Å². The Hall–Kier alpha value is -2.15. The highest BCUT2D eigenvalue weighted by Crippen LogP contribution is 2.34. The second-order valence-electron chi connectivity index (χ2n) is 5.52. The number of nitrogens with zero attached hydrogens (tertiary/aromatic N) is 3. The maximum absolute atomic E-state index is 12.6. The van der Waals surface area contributed by atoms with Crippen molar-refractivity contribution in [3.63, 3.8) is 0 Å². The van der Waals surface area contributed by atoms with Gasteiger partial charge in [0.15, 0.2) is 0 Å². The van der Waals surface area contributed by atoms with Crippen LogP contribution < -0.4 is 5.32 Å². The molecule has 7 heteroatoms. The van der Waals surface area contributed by atoms with Gasteiger partial charge in [0.25, 0.3) is 0 Å². The minimum atomic E-state index is -0.272. The van der Waals surface area contributed by atoms with Crippen LogP contribution in [0, 0.1) is 5.92 Å². The molecule has 2 N–H and O–H groups in total. The Kier molecular flexibility index (Phi) is 4.24. The van der Waals surface area contributed by atoms with Crippen LogP contribution in [0.25, 0.3) is 0 Å². The van der Waals surface area contributed by atoms with Gasteiger partial charge in [-0.1, -0.05) is 0 Å². The first-order valence-electron chi connectivity index (χ1n) is 7.62. The van der Waals surface area contributed by atoms with E-state index in [1.165, 1.54) is 0 Å². The lowest BCUT2D eigenvalue weighted by molar-refractivity contribution is -0.127. The van der Waals surface area contributed by atoms with E-state index in [0.29, 0.717) is 13.0 Å². The van der Waals surface area contributed by atoms with Crippen molar-refractivity contribution in [3.8, 4) is 0 Å². The molecule has 0 aliphatic carbocycles. The molecule has 0 radical (unpaired) electrons. The van der Waals surface area contributed by atoms with Crippen molar-refractivity contribution >= 4 is 5.91 Å². The van der Waals surface area contributed by atoms with E-state index < -0.39 is 0 Å². The number of imidazole rings is 1. The number of rotatable bonds is 5. The Morgan fingerprint density at radius 1 is 1.64 bits per heavy atom. The summed E-state index contributed by atoms with van der Waals surface area (Å²) in [5, 5.41) is 9.71. The third-order valence-electron chi connectivity index (χ3n) is 4.15. The van der Waals surface area contributed by atoms with Crippen molar-refractivity contribution in [1.29, 1.82) is 0 Å². The summed E-state index contributed by atoms with van der Waals surface area (Å²) in [5.74, 6) is 0.625. The average Bonchev–Trinajstić information content (AvgIpc) is 3.25. The first-order valence-corrected chi connectivity index (χ1v) is 7.62. The predicted molar refractivity (Wildman–Crippen MR) is 79.8 cm³/mol. The monoisotopic (exact) mass is 303 g/mol. The molecule has 1 unspecified atom stereocenters. The fraction of sp³-hybridized carbons (Fsp3) is 0.533. The summed E-state index contributed by atoms with van der Waals surface area (Å²) in [6.45, 7) is 5.39. The van der Waals surface area contributed by atoms with Crippen molar-refractivity contribution < 1.29 is 9.53 Å². The van der Waals surface area contributed by atoms with E-state index in [-0.39, 0.29) is 24.0 Å². The normalized spacial score (nSPS) is 22.6. The number of hydrogen-bond donors (Lipinski definition) is 2. The first-order chi connectivity index (χ1) is 10.7. The summed E-state index contributed by atoms with van der Waals surface area (Å²) in [5.41, 5.74) is 0.957. The number of aryl methyl sites for hydroxylation is 1. The fourth-order valence-corrected chi connectivity index (χ4v) is 2.86. The first kappa shape index (κ1) is 14.8. The Bertz CT molecular complexity index is 622. The zero-order valence-corrected chi connectivity index (χ0v) is 12.8. The number of carbonyl (C=O) groups excluding carboxylic acids is 1. The predicted octanol–water partition coefficient (Wildman–Crippen LogP) is 1.58. The molecule has 1 saturated heterocycles. The van der Waals surface area contributed by atoms with E-state index in [2.05, 4.69) is 27.4 Å². The molecule has 7 nitrogen and oxygen atoms in total. The van der Waals surface area contributed by atoms with Crippen LogP contribution >= 0.6 is 0 Å². The molecule has 2 aromatic rings. The number of aromatic nitrogens is 4. The van der Waals surface area contributed by atoms with Gasteiger partial charge in [0.2, 0.25) is 5.91 Å². The van der Waals surface area contributed by atoms with Crippen LogP contribution in [0.5, 0.6) is 0 Å². The van der Waals surface area contributed by atoms with Crippen LogP contribution in [-0.4, -0.2) is 32.3 Å². The minimum absolute atomic E-state index is 0.00172. The highest BCUT2D eigenvalue weighted by molar-refractivity contribution is 5.80. The van der Waals surface area contributed by atoms with Gasteiger partial charge >= 0.3 is 0 Å². The third kappa shape index (κ3) is 2.76. The van der Waals surface area contributed by atoms with Crippen LogP contribution in [0.2, 0.25) is 0 Å². The molecule has 2 aromatic heterocycles. The van der Waals surface area contributed by atoms with E-state index >= 15 is 0 Å². The minimum Gasteiger partial charge on any atom is -0.369 e. The molecule has 0 aromatic carbocycles. The van der Waals surface area contributed by atoms with Crippen LogP contribution in [0.15, 0.2) is 24.8 Å². The van der Waals surface area contributed by atoms with Gasteiger partial charge in [-0.15, -0.1) is 0 Å². The molecule has 118 valence electrons. The van der Waals surface area contributed by atoms with E-state index in [1.54, 1.807) is 18.6 Å². The highest BCUT2D eigenvalue weighted by Gasteiger charge is 2.38. The van der Waals surface area contributed by atoms with Crippen molar-refractivity contribution in [2.24, 2.45) is 5.92 Å². The van der Waals surface area contributed by atoms with Crippen molar-refractivity contribution in [1.82, 2.24) is 25.1 Å². The number of hydrogen-bond acceptors (Lipinski definition) is 4. The van der Waals surface area contributed by atoms with Crippen molar-refractivity contribution in [3.05, 3.63) is 36.2 Å². The molecule has 3 heterocycles. The molecule has 0 bridgehead atoms. The third-order valence-corrected chi connectivity index (χ3v) is 4.15. The quantitative estimate of drug-likeness (QED) is 0.878. The lowest BCUT2D eigenvalue weighted by Gasteiger charge is -2.20. The van der Waals surface area contributed by atoms with E-state index in [0.717, 1.165) is 17.9 Å². The smallest absolute Gasteiger partial charge is 0.226 e. The van der Waals surface area contributed by atoms with Crippen LogP contribution in [0.1, 0.15) is 43.8 Å². The number of amides is 1. The second kappa shape index (κ2) is 6.31. The molecule has 1 amide bonds. The number of H-pyrrole nitrogens is 1. The van der Waals surface area contributed by atoms with Gasteiger partial charge in [-0.3, -0.25) is 9.89 Å². The Balaban J connectivity index is 1.71. The zero-order valence-electron chi connectivity index (χ0n) is 12.8. The van der Waals surface area contributed by atoms with Crippen LogP contribution in [0.3, 0.4) is 0 Å². The summed E-state index contributed by atoms with van der Waals surface area (Å²) in [7, 11) is 0. The molecular formula is C15H21N5O2. The van der Waals surface area contributed by atoms with Crippen molar-refractivity contribution in [2.45, 2.75) is 39.0 Å². The maximum atomic E-state index is 12.6. The van der Waals surface area contributed by atoms with Gasteiger partial charge in [-0.2, -0.15) is 5.10 Å².